The molecule has 1 atom stereocenters. The van der Waals surface area contributed by atoms with Gasteiger partial charge in [0.25, 0.3) is 0 Å². The summed E-state index contributed by atoms with van der Waals surface area (Å²) in [6.45, 7) is 1.97. The van der Waals surface area contributed by atoms with Crippen LogP contribution in [0.4, 0.5) is 4.39 Å². The molecule has 2 heterocycles. The molecule has 2 rings (SSSR count). The number of carbonyl (C=O) groups is 1. The molecule has 6 nitrogen and oxygen atoms in total. The predicted octanol–water partition coefficient (Wildman–Crippen LogP) is 3.38. The van der Waals surface area contributed by atoms with Gasteiger partial charge in [-0.05, 0) is 18.1 Å². The van der Waals surface area contributed by atoms with Crippen molar-refractivity contribution >= 4 is 40.9 Å². The first-order valence-electron chi connectivity index (χ1n) is 7.11. The molecule has 0 fully saturated rings. The molecule has 0 aliphatic carbocycles. The molecule has 10 heteroatoms. The van der Waals surface area contributed by atoms with Crippen LogP contribution in [0, 0.1) is 17.3 Å². The SMILES string of the molecule is CCC(Sc1ncc(Cl)nc1Cl)C(=O)NCc1cnc(F)c(C#N)c1. The number of pyridine rings is 1. The molecule has 0 saturated carbocycles. The number of hydrogen-bond donors (Lipinski definition) is 1. The molecular weight excluding hydrogens is 388 g/mol. The Hall–Kier alpha value is -1.95. The zero-order valence-corrected chi connectivity index (χ0v) is 15.3. The fourth-order valence-corrected chi connectivity index (χ4v) is 3.17. The number of aromatic nitrogens is 3. The van der Waals surface area contributed by atoms with Crippen molar-refractivity contribution < 1.29 is 9.18 Å². The van der Waals surface area contributed by atoms with Crippen LogP contribution >= 0.6 is 35.0 Å². The lowest BCUT2D eigenvalue weighted by molar-refractivity contribution is -0.120. The molecule has 1 unspecified atom stereocenters. The van der Waals surface area contributed by atoms with E-state index in [1.54, 1.807) is 6.07 Å². The van der Waals surface area contributed by atoms with Gasteiger partial charge in [-0.3, -0.25) is 4.79 Å². The summed E-state index contributed by atoms with van der Waals surface area (Å²) >= 11 is 12.8. The molecule has 25 heavy (non-hydrogen) atoms. The number of nitriles is 1. The van der Waals surface area contributed by atoms with E-state index in [0.29, 0.717) is 17.0 Å². The Bertz CT molecular complexity index is 830. The first kappa shape index (κ1) is 19.4. The number of carbonyl (C=O) groups excluding carboxylic acids is 1. The molecule has 0 aliphatic rings. The lowest BCUT2D eigenvalue weighted by Gasteiger charge is -2.14. The maximum absolute atomic E-state index is 13.2. The van der Waals surface area contributed by atoms with Crippen LogP contribution < -0.4 is 5.32 Å². The molecule has 0 bridgehead atoms. The van der Waals surface area contributed by atoms with E-state index < -0.39 is 11.2 Å². The minimum Gasteiger partial charge on any atom is -0.351 e. The fourth-order valence-electron chi connectivity index (χ4n) is 1.84. The molecule has 0 saturated heterocycles. The molecular formula is C15H12Cl2FN5OS. The third-order valence-corrected chi connectivity index (χ3v) is 4.98. The van der Waals surface area contributed by atoms with Crippen molar-refractivity contribution in [3.05, 3.63) is 45.8 Å². The van der Waals surface area contributed by atoms with Crippen LogP contribution in [-0.4, -0.2) is 26.1 Å². The Kier molecular flexibility index (Phi) is 6.93. The minimum absolute atomic E-state index is 0.123. The van der Waals surface area contributed by atoms with E-state index in [2.05, 4.69) is 20.3 Å². The van der Waals surface area contributed by atoms with Crippen LogP contribution in [-0.2, 0) is 11.3 Å². The molecule has 1 amide bonds. The van der Waals surface area contributed by atoms with Crippen LogP contribution in [0.3, 0.4) is 0 Å². The molecule has 0 radical (unpaired) electrons. The van der Waals surface area contributed by atoms with Gasteiger partial charge in [0.05, 0.1) is 11.4 Å². The van der Waals surface area contributed by atoms with Gasteiger partial charge in [0.15, 0.2) is 5.15 Å². The lowest BCUT2D eigenvalue weighted by atomic mass is 10.2. The summed E-state index contributed by atoms with van der Waals surface area (Å²) < 4.78 is 13.2. The van der Waals surface area contributed by atoms with E-state index in [9.17, 15) is 9.18 Å². The molecule has 130 valence electrons. The second-order valence-electron chi connectivity index (χ2n) is 4.81. The van der Waals surface area contributed by atoms with Crippen LogP contribution in [0.15, 0.2) is 23.5 Å². The summed E-state index contributed by atoms with van der Waals surface area (Å²) in [7, 11) is 0. The second-order valence-corrected chi connectivity index (χ2v) is 6.75. The van der Waals surface area contributed by atoms with Crippen molar-refractivity contribution in [1.82, 2.24) is 20.3 Å². The van der Waals surface area contributed by atoms with Gasteiger partial charge in [-0.25, -0.2) is 15.0 Å². The van der Waals surface area contributed by atoms with Crippen molar-refractivity contribution in [2.45, 2.75) is 30.2 Å². The summed E-state index contributed by atoms with van der Waals surface area (Å²) in [5.74, 6) is -1.08. The Morgan fingerprint density at radius 1 is 1.44 bits per heavy atom. The second kappa shape index (κ2) is 8.94. The van der Waals surface area contributed by atoms with E-state index in [4.69, 9.17) is 28.5 Å². The average molecular weight is 400 g/mol. The summed E-state index contributed by atoms with van der Waals surface area (Å²) in [6.07, 6.45) is 3.16. The van der Waals surface area contributed by atoms with E-state index in [0.717, 1.165) is 0 Å². The number of nitrogens with zero attached hydrogens (tertiary/aromatic N) is 4. The summed E-state index contributed by atoms with van der Waals surface area (Å²) in [5.41, 5.74) is 0.354. The molecule has 2 aromatic heterocycles. The Balaban J connectivity index is 2.01. The van der Waals surface area contributed by atoms with Gasteiger partial charge in [-0.1, -0.05) is 41.9 Å². The van der Waals surface area contributed by atoms with Gasteiger partial charge >= 0.3 is 0 Å². The third kappa shape index (κ3) is 5.26. The lowest BCUT2D eigenvalue weighted by Crippen LogP contribution is -2.32. The van der Waals surface area contributed by atoms with Gasteiger partial charge < -0.3 is 5.32 Å². The highest BCUT2D eigenvalue weighted by atomic mass is 35.5. The Morgan fingerprint density at radius 2 is 2.20 bits per heavy atom. The third-order valence-electron chi connectivity index (χ3n) is 3.07. The summed E-state index contributed by atoms with van der Waals surface area (Å²) in [5, 5.41) is 11.8. The average Bonchev–Trinajstić information content (AvgIpc) is 2.60. The van der Waals surface area contributed by atoms with Gasteiger partial charge in [-0.2, -0.15) is 9.65 Å². The molecule has 2 aromatic rings. The van der Waals surface area contributed by atoms with E-state index in [1.165, 1.54) is 30.2 Å². The maximum atomic E-state index is 13.2. The summed E-state index contributed by atoms with van der Waals surface area (Å²) in [6, 6.07) is 3.05. The topological polar surface area (TPSA) is 91.6 Å². The number of thioether (sulfide) groups is 1. The zero-order chi connectivity index (χ0) is 18.4. The highest BCUT2D eigenvalue weighted by molar-refractivity contribution is 8.00. The Labute approximate surface area is 157 Å². The number of rotatable bonds is 6. The van der Waals surface area contributed by atoms with Crippen LogP contribution in [0.5, 0.6) is 0 Å². The quantitative estimate of drug-likeness (QED) is 0.591. The van der Waals surface area contributed by atoms with Gasteiger partial charge in [0, 0.05) is 12.7 Å². The predicted molar refractivity (Wildman–Crippen MR) is 92.7 cm³/mol. The first-order chi connectivity index (χ1) is 11.9. The van der Waals surface area contributed by atoms with Crippen LogP contribution in [0.25, 0.3) is 0 Å². The standard InChI is InChI=1S/C15H12Cl2FN5OS/c1-2-10(25-15-12(17)23-11(16)7-22-15)14(24)21-6-8-3-9(4-19)13(18)20-5-8/h3,5,7,10H,2,6H2,1H3,(H,21,24). The molecule has 0 aliphatic heterocycles. The molecule has 0 spiro atoms. The number of hydrogen-bond acceptors (Lipinski definition) is 6. The van der Waals surface area contributed by atoms with Crippen LogP contribution in [0.1, 0.15) is 24.5 Å². The van der Waals surface area contributed by atoms with Gasteiger partial charge in [0.1, 0.15) is 21.8 Å². The number of amides is 1. The summed E-state index contributed by atoms with van der Waals surface area (Å²) in [4.78, 5) is 23.8. The zero-order valence-electron chi connectivity index (χ0n) is 13.0. The largest absolute Gasteiger partial charge is 0.351 e. The smallest absolute Gasteiger partial charge is 0.233 e. The van der Waals surface area contributed by atoms with Gasteiger partial charge in [-0.15, -0.1) is 0 Å². The van der Waals surface area contributed by atoms with E-state index in [-0.39, 0.29) is 28.3 Å². The molecule has 0 aromatic carbocycles. The highest BCUT2D eigenvalue weighted by Gasteiger charge is 2.20. The van der Waals surface area contributed by atoms with Crippen molar-refractivity contribution in [2.24, 2.45) is 0 Å². The van der Waals surface area contributed by atoms with Crippen molar-refractivity contribution in [3.63, 3.8) is 0 Å². The number of nitrogens with one attached hydrogen (secondary N) is 1. The first-order valence-corrected chi connectivity index (χ1v) is 8.75. The fraction of sp³-hybridized carbons (Fsp3) is 0.267. The van der Waals surface area contributed by atoms with E-state index >= 15 is 0 Å². The normalized spacial score (nSPS) is 11.6. The van der Waals surface area contributed by atoms with Crippen molar-refractivity contribution in [1.29, 1.82) is 5.26 Å². The van der Waals surface area contributed by atoms with Crippen molar-refractivity contribution in [3.8, 4) is 6.07 Å². The maximum Gasteiger partial charge on any atom is 0.233 e. The Morgan fingerprint density at radius 3 is 2.84 bits per heavy atom. The van der Waals surface area contributed by atoms with E-state index in [1.807, 2.05) is 6.92 Å². The van der Waals surface area contributed by atoms with Gasteiger partial charge in [0.2, 0.25) is 11.9 Å². The monoisotopic (exact) mass is 399 g/mol. The highest BCUT2D eigenvalue weighted by Crippen LogP contribution is 2.29. The minimum atomic E-state index is -0.837. The number of halogens is 3. The van der Waals surface area contributed by atoms with Crippen molar-refractivity contribution in [2.75, 3.05) is 0 Å². The van der Waals surface area contributed by atoms with Crippen LogP contribution in [0.2, 0.25) is 10.3 Å². The molecule has 1 N–H and O–H groups in total.